The average Bonchev–Trinajstić information content (AvgIpc) is 2.41. The van der Waals surface area contributed by atoms with Gasteiger partial charge >= 0.3 is 37.7 Å². The molecule has 0 aromatic heterocycles. The smallest absolute Gasteiger partial charge is 0.744 e. The molecule has 1 N–H and O–H groups in total. The number of nitrogens with one attached hydrogen (secondary N) is 1. The monoisotopic (exact) mass is 393 g/mol. The fourth-order valence-electron chi connectivity index (χ4n) is 1.93. The minimum absolute atomic E-state index is 0. The zero-order chi connectivity index (χ0) is 17.3. The Bertz CT molecular complexity index is 949. The second-order valence-corrected chi connectivity index (χ2v) is 8.21. The van der Waals surface area contributed by atoms with Crippen LogP contribution >= 0.6 is 12.0 Å². The Hall–Kier alpha value is -0.215. The van der Waals surface area contributed by atoms with E-state index in [4.69, 9.17) is 0 Å². The van der Waals surface area contributed by atoms with Crippen LogP contribution in [0.1, 0.15) is 0 Å². The molecule has 0 radical (unpaired) electrons. The van der Waals surface area contributed by atoms with Gasteiger partial charge in [-0.15, -0.1) is 0 Å². The third kappa shape index (κ3) is 6.79. The van der Waals surface area contributed by atoms with Gasteiger partial charge in [-0.2, -0.15) is 4.33 Å². The number of anilines is 1. The molecule has 0 heterocycles. The van der Waals surface area contributed by atoms with Crippen LogP contribution in [-0.4, -0.2) is 27.6 Å². The normalized spacial score (nSPS) is 11.5. The molecular weight excluding hydrogens is 384 g/mol. The molecule has 2 rings (SSSR count). The molecule has 0 aliphatic rings. The maximum Gasteiger partial charge on any atom is 1.00 e. The molecule has 0 aliphatic carbocycles. The first-order valence-corrected chi connectivity index (χ1v) is 9.79. The van der Waals surface area contributed by atoms with Crippen LogP contribution in [0.4, 0.5) is 5.69 Å². The zero-order valence-corrected chi connectivity index (χ0v) is 15.8. The number of benzene rings is 2. The van der Waals surface area contributed by atoms with Crippen molar-refractivity contribution in [2.24, 2.45) is 0 Å². The van der Waals surface area contributed by atoms with Gasteiger partial charge < -0.3 is 9.81 Å². The quantitative estimate of drug-likeness (QED) is 0.167. The summed E-state index contributed by atoms with van der Waals surface area (Å²) in [5, 5.41) is 13.4. The van der Waals surface area contributed by atoms with Gasteiger partial charge in [0.1, 0.15) is 10.1 Å². The predicted octanol–water partition coefficient (Wildman–Crippen LogP) is -5.65. The molecule has 126 valence electrons. The van der Waals surface area contributed by atoms with Crippen LogP contribution in [0, 0.1) is 0 Å². The van der Waals surface area contributed by atoms with Gasteiger partial charge in [-0.3, -0.25) is 9.76 Å². The fraction of sp³-hybridized carbons (Fsp3) is 0.0909. The van der Waals surface area contributed by atoms with E-state index in [0.29, 0.717) is 12.0 Å². The predicted molar refractivity (Wildman–Crippen MR) is 78.4 cm³/mol. The molecular formula is C11H9Li2NO8S3. The van der Waals surface area contributed by atoms with Gasteiger partial charge in [0.25, 0.3) is 0 Å². The van der Waals surface area contributed by atoms with Gasteiger partial charge in [0.05, 0.1) is 28.9 Å². The average molecular weight is 393 g/mol. The summed E-state index contributed by atoms with van der Waals surface area (Å²) in [5.74, 6) is 0. The van der Waals surface area contributed by atoms with Crippen molar-refractivity contribution >= 4 is 48.6 Å². The van der Waals surface area contributed by atoms with Crippen LogP contribution in [0.3, 0.4) is 0 Å². The maximum atomic E-state index is 11.4. The van der Waals surface area contributed by atoms with Gasteiger partial charge in [-0.25, -0.2) is 16.8 Å². The Kier molecular flexibility index (Phi) is 9.56. The summed E-state index contributed by atoms with van der Waals surface area (Å²) in [4.78, 5) is -0.355. The van der Waals surface area contributed by atoms with Crippen molar-refractivity contribution in [3.63, 3.8) is 0 Å². The summed E-state index contributed by atoms with van der Waals surface area (Å²) in [6, 6.07) is 6.51. The van der Waals surface area contributed by atoms with E-state index in [0.717, 1.165) is 12.3 Å². The standard InChI is InChI=1S/C11H11NO8S3.2Li/c1-22(14,15)12-7-5-9-8(11(6-7)23(16,17)18)3-2-4-10(9)21-20-19-13;;/h2-6,12-13H,1H3,(H,16,17,18);;/q;2*+1/p-2. The Morgan fingerprint density at radius 3 is 2.24 bits per heavy atom. The third-order valence-electron chi connectivity index (χ3n) is 2.64. The number of hydrogen-bond acceptors (Lipinski definition) is 9. The topological polar surface area (TPSA) is 145 Å². The molecule has 0 amide bonds. The number of rotatable bonds is 6. The largest absolute Gasteiger partial charge is 1.00 e. The molecule has 0 bridgehead atoms. The van der Waals surface area contributed by atoms with Crippen LogP contribution in [0.5, 0.6) is 0 Å². The first-order chi connectivity index (χ1) is 10.6. The van der Waals surface area contributed by atoms with Crippen molar-refractivity contribution in [2.45, 2.75) is 9.79 Å². The molecule has 0 spiro atoms. The Labute approximate surface area is 172 Å². The molecule has 9 nitrogen and oxygen atoms in total. The third-order valence-corrected chi connectivity index (χ3v) is 4.78. The van der Waals surface area contributed by atoms with Gasteiger partial charge in [0.15, 0.2) is 0 Å². The van der Waals surface area contributed by atoms with E-state index >= 15 is 0 Å². The van der Waals surface area contributed by atoms with Crippen molar-refractivity contribution in [1.82, 2.24) is 0 Å². The molecule has 14 heteroatoms. The van der Waals surface area contributed by atoms with Gasteiger partial charge in [0, 0.05) is 15.7 Å². The Balaban J connectivity index is 0.00000288. The van der Waals surface area contributed by atoms with Crippen molar-refractivity contribution in [2.75, 3.05) is 11.0 Å². The Morgan fingerprint density at radius 1 is 1.08 bits per heavy atom. The first-order valence-electron chi connectivity index (χ1n) is 5.75. The minimum Gasteiger partial charge on any atom is -0.744 e. The summed E-state index contributed by atoms with van der Waals surface area (Å²) in [5.41, 5.74) is -0.120. The molecule has 0 saturated heterocycles. The Morgan fingerprint density at radius 2 is 1.72 bits per heavy atom. The number of fused-ring (bicyclic) bond motifs is 1. The van der Waals surface area contributed by atoms with Crippen molar-refractivity contribution < 1.29 is 73.7 Å². The number of sulfonamides is 1. The van der Waals surface area contributed by atoms with Gasteiger partial charge in [-0.05, 0) is 18.2 Å². The van der Waals surface area contributed by atoms with Crippen LogP contribution in [0.15, 0.2) is 40.1 Å². The first kappa shape index (κ1) is 24.8. The minimum atomic E-state index is -4.87. The van der Waals surface area contributed by atoms with Crippen molar-refractivity contribution in [3.05, 3.63) is 30.3 Å². The van der Waals surface area contributed by atoms with Gasteiger partial charge in [-0.1, -0.05) is 12.1 Å². The van der Waals surface area contributed by atoms with E-state index in [9.17, 15) is 26.6 Å². The molecule has 2 aromatic carbocycles. The molecule has 0 atom stereocenters. The van der Waals surface area contributed by atoms with E-state index in [1.165, 1.54) is 24.3 Å². The van der Waals surface area contributed by atoms with Crippen LogP contribution in [0.25, 0.3) is 10.8 Å². The second kappa shape index (κ2) is 9.64. The molecule has 0 aliphatic heterocycles. The summed E-state index contributed by atoms with van der Waals surface area (Å²) in [6.45, 7) is 0. The molecule has 0 saturated carbocycles. The van der Waals surface area contributed by atoms with Gasteiger partial charge in [0.2, 0.25) is 10.0 Å². The zero-order valence-electron chi connectivity index (χ0n) is 13.4. The van der Waals surface area contributed by atoms with Crippen LogP contribution < -0.4 is 47.7 Å². The van der Waals surface area contributed by atoms with E-state index in [1.807, 2.05) is 0 Å². The van der Waals surface area contributed by atoms with E-state index in [2.05, 4.69) is 14.1 Å². The second-order valence-electron chi connectivity index (χ2n) is 4.37. The van der Waals surface area contributed by atoms with E-state index in [-0.39, 0.29) is 59.1 Å². The van der Waals surface area contributed by atoms with Crippen LogP contribution in [0.2, 0.25) is 0 Å². The fourth-order valence-corrected chi connectivity index (χ4v) is 3.69. The summed E-state index contributed by atoms with van der Waals surface area (Å²) < 4.78 is 63.3. The molecule has 25 heavy (non-hydrogen) atoms. The van der Waals surface area contributed by atoms with Crippen molar-refractivity contribution in [1.29, 1.82) is 0 Å². The molecule has 2 aromatic rings. The summed E-state index contributed by atoms with van der Waals surface area (Å²) >= 11 is 0.487. The summed E-state index contributed by atoms with van der Waals surface area (Å²) in [7, 11) is -8.57. The SMILES string of the molecule is CS(=O)(=O)Nc1cc(S(=O)(=O)[O-])c2cccc(SOO[O-])c2c1.[Li+].[Li+]. The van der Waals surface area contributed by atoms with Crippen LogP contribution in [-0.2, 0) is 29.5 Å². The van der Waals surface area contributed by atoms with E-state index in [1.54, 1.807) is 0 Å². The molecule has 0 unspecified atom stereocenters. The number of hydrogen-bond donors (Lipinski definition) is 1. The summed E-state index contributed by atoms with van der Waals surface area (Å²) in [6.07, 6.45) is 0.873. The van der Waals surface area contributed by atoms with Crippen molar-refractivity contribution in [3.8, 4) is 0 Å². The molecule has 0 fully saturated rings. The maximum absolute atomic E-state index is 11.4. The van der Waals surface area contributed by atoms with E-state index < -0.39 is 25.0 Å².